The average molecular weight is 497 g/mol. The van der Waals surface area contributed by atoms with Gasteiger partial charge in [0.05, 0.1) is 24.8 Å². The predicted molar refractivity (Wildman–Crippen MR) is 139 cm³/mol. The third-order valence-corrected chi connectivity index (χ3v) is 7.38. The summed E-state index contributed by atoms with van der Waals surface area (Å²) in [6.07, 6.45) is 3.20. The van der Waals surface area contributed by atoms with Gasteiger partial charge in [-0.3, -0.25) is 9.10 Å². The van der Waals surface area contributed by atoms with Crippen LogP contribution in [0.5, 0.6) is 11.5 Å². The highest BCUT2D eigenvalue weighted by Crippen LogP contribution is 2.32. The third kappa shape index (κ3) is 6.54. The van der Waals surface area contributed by atoms with E-state index in [1.165, 1.54) is 38.0 Å². The Morgan fingerprint density at radius 3 is 2.17 bits per heavy atom. The van der Waals surface area contributed by atoms with Crippen LogP contribution in [0.3, 0.4) is 0 Å². The fourth-order valence-corrected chi connectivity index (χ4v) is 5.03. The zero-order valence-electron chi connectivity index (χ0n) is 20.6. The van der Waals surface area contributed by atoms with E-state index in [-0.39, 0.29) is 10.6 Å². The molecule has 186 valence electrons. The van der Waals surface area contributed by atoms with Crippen molar-refractivity contribution in [2.75, 3.05) is 30.4 Å². The number of carbonyl (C=O) groups excluding carboxylic acids is 1. The lowest BCUT2D eigenvalue weighted by molar-refractivity contribution is -0.114. The fraction of sp³-hybridized carbons (Fsp3) is 0.296. The molecule has 0 radical (unpaired) electrons. The van der Waals surface area contributed by atoms with Crippen LogP contribution in [0.25, 0.3) is 0 Å². The van der Waals surface area contributed by atoms with Gasteiger partial charge in [-0.2, -0.15) is 0 Å². The third-order valence-electron chi connectivity index (χ3n) is 5.61. The van der Waals surface area contributed by atoms with Crippen molar-refractivity contribution in [2.45, 2.75) is 38.0 Å². The lowest BCUT2D eigenvalue weighted by atomic mass is 10.1. The molecule has 0 aliphatic heterocycles. The predicted octanol–water partition coefficient (Wildman–Crippen LogP) is 5.19. The normalized spacial score (nSPS) is 11.1. The number of benzene rings is 3. The maximum atomic E-state index is 13.7. The number of unbranched alkanes of at least 4 members (excludes halogenated alkanes) is 1. The molecule has 8 heteroatoms. The van der Waals surface area contributed by atoms with Gasteiger partial charge in [-0.1, -0.05) is 43.2 Å². The van der Waals surface area contributed by atoms with Gasteiger partial charge in [-0.05, 0) is 61.7 Å². The molecule has 1 N–H and O–H groups in total. The standard InChI is InChI=1S/C27H32N2O5S/c1-5-6-7-21-10-12-22(13-11-21)28-27(30)19-29(23-14-8-20(2)9-15-23)35(31,32)24-16-17-25(33-3)26(18-24)34-4/h8-18H,5-7,19H2,1-4H3,(H,28,30). The van der Waals surface area contributed by atoms with E-state index < -0.39 is 22.5 Å². The molecule has 0 fully saturated rings. The quantitative estimate of drug-likeness (QED) is 0.395. The van der Waals surface area contributed by atoms with E-state index in [0.29, 0.717) is 17.1 Å². The Morgan fingerprint density at radius 2 is 1.57 bits per heavy atom. The van der Waals surface area contributed by atoms with Gasteiger partial charge in [0.15, 0.2) is 11.5 Å². The van der Waals surface area contributed by atoms with Crippen molar-refractivity contribution in [2.24, 2.45) is 0 Å². The number of methoxy groups -OCH3 is 2. The van der Waals surface area contributed by atoms with Crippen molar-refractivity contribution in [1.29, 1.82) is 0 Å². The van der Waals surface area contributed by atoms with E-state index in [4.69, 9.17) is 9.47 Å². The second-order valence-electron chi connectivity index (χ2n) is 8.21. The molecule has 0 unspecified atom stereocenters. The number of nitrogens with one attached hydrogen (secondary N) is 1. The Bertz CT molecular complexity index is 1240. The molecular weight excluding hydrogens is 464 g/mol. The van der Waals surface area contributed by atoms with E-state index in [2.05, 4.69) is 12.2 Å². The van der Waals surface area contributed by atoms with E-state index in [9.17, 15) is 13.2 Å². The van der Waals surface area contributed by atoms with Crippen LogP contribution >= 0.6 is 0 Å². The molecule has 0 aliphatic carbocycles. The molecular formula is C27H32N2O5S. The van der Waals surface area contributed by atoms with Gasteiger partial charge in [0.1, 0.15) is 6.54 Å². The molecule has 0 saturated carbocycles. The topological polar surface area (TPSA) is 84.9 Å². The number of nitrogens with zero attached hydrogens (tertiary/aromatic N) is 1. The van der Waals surface area contributed by atoms with Crippen LogP contribution in [0.2, 0.25) is 0 Å². The Kier molecular flexibility index (Phi) is 8.76. The van der Waals surface area contributed by atoms with Crippen molar-refractivity contribution in [1.82, 2.24) is 0 Å². The number of aryl methyl sites for hydroxylation is 2. The number of carbonyl (C=O) groups is 1. The SMILES string of the molecule is CCCCc1ccc(NC(=O)CN(c2ccc(C)cc2)S(=O)(=O)c2ccc(OC)c(OC)c2)cc1. The van der Waals surface area contributed by atoms with Crippen molar-refractivity contribution < 1.29 is 22.7 Å². The monoisotopic (exact) mass is 496 g/mol. The molecule has 1 amide bonds. The number of sulfonamides is 1. The van der Waals surface area contributed by atoms with E-state index >= 15 is 0 Å². The summed E-state index contributed by atoms with van der Waals surface area (Å²) in [7, 11) is -1.18. The largest absolute Gasteiger partial charge is 0.493 e. The second-order valence-corrected chi connectivity index (χ2v) is 10.1. The molecule has 0 spiro atoms. The molecule has 0 heterocycles. The van der Waals surface area contributed by atoms with Crippen LogP contribution in [-0.2, 0) is 21.2 Å². The molecule has 35 heavy (non-hydrogen) atoms. The van der Waals surface area contributed by atoms with Gasteiger partial charge in [0.25, 0.3) is 10.0 Å². The van der Waals surface area contributed by atoms with Gasteiger partial charge in [-0.25, -0.2) is 8.42 Å². The lowest BCUT2D eigenvalue weighted by Crippen LogP contribution is -2.38. The van der Waals surface area contributed by atoms with Gasteiger partial charge in [0.2, 0.25) is 5.91 Å². The maximum absolute atomic E-state index is 13.7. The minimum absolute atomic E-state index is 0.0104. The molecule has 0 aromatic heterocycles. The lowest BCUT2D eigenvalue weighted by Gasteiger charge is -2.24. The zero-order valence-corrected chi connectivity index (χ0v) is 21.4. The summed E-state index contributed by atoms with van der Waals surface area (Å²) in [5.74, 6) is 0.245. The smallest absolute Gasteiger partial charge is 0.264 e. The van der Waals surface area contributed by atoms with Gasteiger partial charge in [-0.15, -0.1) is 0 Å². The molecule has 3 rings (SSSR count). The van der Waals surface area contributed by atoms with E-state index in [1.807, 2.05) is 31.2 Å². The number of hydrogen-bond donors (Lipinski definition) is 1. The van der Waals surface area contributed by atoms with E-state index in [1.54, 1.807) is 24.3 Å². The molecule has 3 aromatic rings. The highest BCUT2D eigenvalue weighted by Gasteiger charge is 2.28. The molecule has 7 nitrogen and oxygen atoms in total. The number of hydrogen-bond acceptors (Lipinski definition) is 5. The van der Waals surface area contributed by atoms with Crippen molar-refractivity contribution in [3.05, 3.63) is 77.9 Å². The Balaban J connectivity index is 1.89. The highest BCUT2D eigenvalue weighted by molar-refractivity contribution is 7.92. The second kappa shape index (κ2) is 11.8. The molecule has 3 aromatic carbocycles. The highest BCUT2D eigenvalue weighted by atomic mass is 32.2. The number of ether oxygens (including phenoxy) is 2. The van der Waals surface area contributed by atoms with Crippen LogP contribution in [0, 0.1) is 6.92 Å². The minimum atomic E-state index is -4.09. The first-order valence-electron chi connectivity index (χ1n) is 11.5. The Labute approximate surface area is 207 Å². The Hall–Kier alpha value is -3.52. The summed E-state index contributed by atoms with van der Waals surface area (Å²) >= 11 is 0. The van der Waals surface area contributed by atoms with Crippen molar-refractivity contribution >= 4 is 27.3 Å². The van der Waals surface area contributed by atoms with Crippen LogP contribution in [0.1, 0.15) is 30.9 Å². The molecule has 0 bridgehead atoms. The first-order chi connectivity index (χ1) is 16.8. The van der Waals surface area contributed by atoms with Crippen molar-refractivity contribution in [3.63, 3.8) is 0 Å². The molecule has 0 aliphatic rings. The molecule has 0 saturated heterocycles. The van der Waals surface area contributed by atoms with Crippen LogP contribution in [0.15, 0.2) is 71.6 Å². The molecule has 0 atom stereocenters. The average Bonchev–Trinajstić information content (AvgIpc) is 2.87. The summed E-state index contributed by atoms with van der Waals surface area (Å²) < 4.78 is 38.9. The summed E-state index contributed by atoms with van der Waals surface area (Å²) in [5.41, 5.74) is 3.17. The van der Waals surface area contributed by atoms with Crippen LogP contribution in [0.4, 0.5) is 11.4 Å². The first-order valence-corrected chi connectivity index (χ1v) is 12.9. The first kappa shape index (κ1) is 26.1. The van der Waals surface area contributed by atoms with E-state index in [0.717, 1.165) is 29.1 Å². The Morgan fingerprint density at radius 1 is 0.914 bits per heavy atom. The summed E-state index contributed by atoms with van der Waals surface area (Å²) in [6, 6.07) is 19.0. The summed E-state index contributed by atoms with van der Waals surface area (Å²) in [6.45, 7) is 3.66. The van der Waals surface area contributed by atoms with Gasteiger partial charge >= 0.3 is 0 Å². The number of anilines is 2. The maximum Gasteiger partial charge on any atom is 0.264 e. The van der Waals surface area contributed by atoms with Crippen molar-refractivity contribution in [3.8, 4) is 11.5 Å². The van der Waals surface area contributed by atoms with Gasteiger partial charge < -0.3 is 14.8 Å². The summed E-state index contributed by atoms with van der Waals surface area (Å²) in [5, 5.41) is 2.81. The summed E-state index contributed by atoms with van der Waals surface area (Å²) in [4.78, 5) is 12.9. The number of rotatable bonds is 11. The van der Waals surface area contributed by atoms with Crippen LogP contribution in [-0.4, -0.2) is 35.1 Å². The minimum Gasteiger partial charge on any atom is -0.493 e. The van der Waals surface area contributed by atoms with Crippen LogP contribution < -0.4 is 19.1 Å². The number of amides is 1. The zero-order chi connectivity index (χ0) is 25.4. The fourth-order valence-electron chi connectivity index (χ4n) is 3.60. The van der Waals surface area contributed by atoms with Gasteiger partial charge in [0, 0.05) is 11.8 Å².